The summed E-state index contributed by atoms with van der Waals surface area (Å²) in [6, 6.07) is 7.55. The van der Waals surface area contributed by atoms with E-state index in [2.05, 4.69) is 13.5 Å². The highest BCUT2D eigenvalue weighted by Gasteiger charge is 1.99. The zero-order chi connectivity index (χ0) is 8.97. The van der Waals surface area contributed by atoms with E-state index in [1.165, 1.54) is 5.56 Å². The van der Waals surface area contributed by atoms with E-state index in [0.717, 1.165) is 11.8 Å². The summed E-state index contributed by atoms with van der Waals surface area (Å²) in [4.78, 5) is 10.3. The van der Waals surface area contributed by atoms with Gasteiger partial charge in [-0.15, -0.1) is 6.58 Å². The molecular formula is C11H12O. The van der Waals surface area contributed by atoms with Crippen LogP contribution in [0.1, 0.15) is 28.8 Å². The topological polar surface area (TPSA) is 17.1 Å². The van der Waals surface area contributed by atoms with Crippen LogP contribution in [0.3, 0.4) is 0 Å². The predicted molar refractivity (Wildman–Crippen MR) is 50.4 cm³/mol. The Morgan fingerprint density at radius 2 is 1.92 bits per heavy atom. The molecule has 1 atom stereocenters. The number of carbonyl (C=O) groups excluding carboxylic acids is 1. The van der Waals surface area contributed by atoms with Crippen molar-refractivity contribution in [1.29, 1.82) is 0 Å². The molecule has 0 saturated heterocycles. The van der Waals surface area contributed by atoms with Gasteiger partial charge in [0.2, 0.25) is 0 Å². The van der Waals surface area contributed by atoms with Crippen molar-refractivity contribution < 1.29 is 4.79 Å². The second-order valence-electron chi connectivity index (χ2n) is 2.81. The Hall–Kier alpha value is -1.37. The van der Waals surface area contributed by atoms with Gasteiger partial charge in [0.05, 0.1) is 0 Å². The van der Waals surface area contributed by atoms with Gasteiger partial charge in [-0.2, -0.15) is 0 Å². The molecule has 0 spiro atoms. The Morgan fingerprint density at radius 1 is 1.33 bits per heavy atom. The maximum atomic E-state index is 10.3. The van der Waals surface area contributed by atoms with E-state index in [4.69, 9.17) is 0 Å². The van der Waals surface area contributed by atoms with Crippen molar-refractivity contribution in [2.24, 2.45) is 0 Å². The summed E-state index contributed by atoms with van der Waals surface area (Å²) in [7, 11) is 0. The van der Waals surface area contributed by atoms with Gasteiger partial charge in [-0.1, -0.05) is 37.3 Å². The molecule has 0 aliphatic rings. The smallest absolute Gasteiger partial charge is 0.150 e. The second kappa shape index (κ2) is 3.86. The molecule has 1 heteroatoms. The summed E-state index contributed by atoms with van der Waals surface area (Å²) in [6.45, 7) is 5.78. The van der Waals surface area contributed by atoms with E-state index >= 15 is 0 Å². The third-order valence-corrected chi connectivity index (χ3v) is 1.95. The van der Waals surface area contributed by atoms with Gasteiger partial charge in [0, 0.05) is 5.56 Å². The van der Waals surface area contributed by atoms with Crippen LogP contribution in [0.4, 0.5) is 0 Å². The van der Waals surface area contributed by atoms with Gasteiger partial charge in [0.15, 0.2) is 0 Å². The molecule has 1 aromatic carbocycles. The lowest BCUT2D eigenvalue weighted by molar-refractivity contribution is 0.112. The lowest BCUT2D eigenvalue weighted by atomic mass is 10.0. The Morgan fingerprint density at radius 3 is 2.33 bits per heavy atom. The van der Waals surface area contributed by atoms with E-state index in [9.17, 15) is 4.79 Å². The highest BCUT2D eigenvalue weighted by molar-refractivity contribution is 5.74. The largest absolute Gasteiger partial charge is 0.298 e. The normalized spacial score (nSPS) is 12.1. The summed E-state index contributed by atoms with van der Waals surface area (Å²) in [5.41, 5.74) is 1.91. The first kappa shape index (κ1) is 8.72. The highest BCUT2D eigenvalue weighted by atomic mass is 16.1. The minimum atomic E-state index is 0.353. The maximum absolute atomic E-state index is 10.3. The van der Waals surface area contributed by atoms with E-state index in [0.29, 0.717) is 5.92 Å². The van der Waals surface area contributed by atoms with Gasteiger partial charge in [-0.05, 0) is 11.5 Å². The Balaban J connectivity index is 2.91. The van der Waals surface area contributed by atoms with Crippen molar-refractivity contribution in [3.8, 4) is 0 Å². The average Bonchev–Trinajstić information content (AvgIpc) is 2.17. The molecule has 0 bridgehead atoms. The van der Waals surface area contributed by atoms with Gasteiger partial charge in [-0.3, -0.25) is 4.79 Å². The van der Waals surface area contributed by atoms with E-state index in [1.54, 1.807) is 0 Å². The molecule has 1 nitrogen and oxygen atoms in total. The molecule has 12 heavy (non-hydrogen) atoms. The molecule has 1 rings (SSSR count). The first-order chi connectivity index (χ1) is 5.77. The molecule has 0 fully saturated rings. The third-order valence-electron chi connectivity index (χ3n) is 1.95. The number of hydrogen-bond acceptors (Lipinski definition) is 1. The third kappa shape index (κ3) is 1.82. The Kier molecular flexibility index (Phi) is 2.81. The lowest BCUT2D eigenvalue weighted by Gasteiger charge is -2.04. The summed E-state index contributed by atoms with van der Waals surface area (Å²) in [6.07, 6.45) is 2.73. The monoisotopic (exact) mass is 160 g/mol. The minimum absolute atomic E-state index is 0.353. The van der Waals surface area contributed by atoms with Crippen LogP contribution in [0.5, 0.6) is 0 Å². The van der Waals surface area contributed by atoms with Crippen LogP contribution in [-0.2, 0) is 0 Å². The van der Waals surface area contributed by atoms with Crippen molar-refractivity contribution in [3.63, 3.8) is 0 Å². The number of rotatable bonds is 3. The van der Waals surface area contributed by atoms with Crippen molar-refractivity contribution in [3.05, 3.63) is 48.0 Å². The lowest BCUT2D eigenvalue weighted by Crippen LogP contribution is -1.88. The quantitative estimate of drug-likeness (QED) is 0.491. The minimum Gasteiger partial charge on any atom is -0.298 e. The molecule has 62 valence electrons. The molecule has 0 heterocycles. The summed E-state index contributed by atoms with van der Waals surface area (Å²) >= 11 is 0. The number of allylic oxidation sites excluding steroid dienone is 1. The zero-order valence-corrected chi connectivity index (χ0v) is 7.16. The van der Waals surface area contributed by atoms with Crippen LogP contribution < -0.4 is 0 Å². The zero-order valence-electron chi connectivity index (χ0n) is 7.16. The summed E-state index contributed by atoms with van der Waals surface area (Å²) < 4.78 is 0. The first-order valence-electron chi connectivity index (χ1n) is 3.95. The molecule has 0 radical (unpaired) electrons. The van der Waals surface area contributed by atoms with Crippen LogP contribution in [0, 0.1) is 0 Å². The van der Waals surface area contributed by atoms with Crippen LogP contribution in [0.25, 0.3) is 0 Å². The van der Waals surface area contributed by atoms with E-state index < -0.39 is 0 Å². The Labute approximate surface area is 72.7 Å². The van der Waals surface area contributed by atoms with E-state index in [-0.39, 0.29) is 0 Å². The number of hydrogen-bond donors (Lipinski definition) is 0. The summed E-state index contributed by atoms with van der Waals surface area (Å²) in [5, 5.41) is 0. The van der Waals surface area contributed by atoms with Gasteiger partial charge in [-0.25, -0.2) is 0 Å². The highest BCUT2D eigenvalue weighted by Crippen LogP contribution is 2.15. The fourth-order valence-electron chi connectivity index (χ4n) is 1.01. The maximum Gasteiger partial charge on any atom is 0.150 e. The van der Waals surface area contributed by atoms with Gasteiger partial charge in [0.25, 0.3) is 0 Å². The van der Waals surface area contributed by atoms with Crippen LogP contribution in [0.2, 0.25) is 0 Å². The van der Waals surface area contributed by atoms with Crippen LogP contribution in [-0.4, -0.2) is 6.29 Å². The molecule has 0 aliphatic heterocycles. The number of carbonyl (C=O) groups is 1. The molecule has 0 saturated carbocycles. The predicted octanol–water partition coefficient (Wildman–Crippen LogP) is 2.79. The molecule has 1 unspecified atom stereocenters. The molecule has 1 aromatic rings. The van der Waals surface area contributed by atoms with Gasteiger partial charge >= 0.3 is 0 Å². The van der Waals surface area contributed by atoms with Gasteiger partial charge < -0.3 is 0 Å². The molecule has 0 N–H and O–H groups in total. The molecule has 0 aromatic heterocycles. The van der Waals surface area contributed by atoms with Crippen LogP contribution in [0.15, 0.2) is 36.9 Å². The fourth-order valence-corrected chi connectivity index (χ4v) is 1.01. The number of benzene rings is 1. The van der Waals surface area contributed by atoms with Crippen LogP contribution >= 0.6 is 0 Å². The standard InChI is InChI=1S/C11H12O/c1-3-9(2)11-6-4-10(8-12)5-7-11/h3-9H,1H2,2H3. The molecule has 0 amide bonds. The second-order valence-corrected chi connectivity index (χ2v) is 2.81. The average molecular weight is 160 g/mol. The molecular weight excluding hydrogens is 148 g/mol. The van der Waals surface area contributed by atoms with Crippen molar-refractivity contribution in [2.75, 3.05) is 0 Å². The SMILES string of the molecule is C=CC(C)c1ccc(C=O)cc1. The Bertz CT molecular complexity index is 272. The summed E-state index contributed by atoms with van der Waals surface area (Å²) in [5.74, 6) is 0.353. The molecule has 0 aliphatic carbocycles. The van der Waals surface area contributed by atoms with Gasteiger partial charge in [0.1, 0.15) is 6.29 Å². The fraction of sp³-hybridized carbons (Fsp3) is 0.182. The van der Waals surface area contributed by atoms with E-state index in [1.807, 2.05) is 30.3 Å². The number of aldehydes is 1. The van der Waals surface area contributed by atoms with Crippen molar-refractivity contribution >= 4 is 6.29 Å². The van der Waals surface area contributed by atoms with Crippen molar-refractivity contribution in [2.45, 2.75) is 12.8 Å². The first-order valence-corrected chi connectivity index (χ1v) is 3.95. The van der Waals surface area contributed by atoms with Crippen molar-refractivity contribution in [1.82, 2.24) is 0 Å².